The Morgan fingerprint density at radius 3 is 2.17 bits per heavy atom. The first-order valence-corrected chi connectivity index (χ1v) is 11.5. The molecule has 0 aliphatic heterocycles. The van der Waals surface area contributed by atoms with Crippen LogP contribution in [0.3, 0.4) is 0 Å². The predicted octanol–water partition coefficient (Wildman–Crippen LogP) is 6.08. The van der Waals surface area contributed by atoms with Gasteiger partial charge in [-0.25, -0.2) is 4.79 Å². The van der Waals surface area contributed by atoms with Crippen LogP contribution in [0.2, 0.25) is 0 Å². The fourth-order valence-corrected chi connectivity index (χ4v) is 3.82. The van der Waals surface area contributed by atoms with Crippen LogP contribution in [-0.4, -0.2) is 17.0 Å². The molecule has 1 amide bonds. The minimum Gasteiger partial charge on any atom is -0.506 e. The van der Waals surface area contributed by atoms with Gasteiger partial charge in [-0.3, -0.25) is 4.79 Å². The van der Waals surface area contributed by atoms with Crippen LogP contribution in [0.25, 0.3) is 0 Å². The molecule has 5 nitrogen and oxygen atoms in total. The van der Waals surface area contributed by atoms with Crippen LogP contribution in [0.5, 0.6) is 5.75 Å². The van der Waals surface area contributed by atoms with E-state index in [0.717, 1.165) is 22.3 Å². The Hall–Kier alpha value is -4.38. The Balaban J connectivity index is 1.46. The molecule has 0 saturated heterocycles. The third kappa shape index (κ3) is 6.15. The summed E-state index contributed by atoms with van der Waals surface area (Å²) in [6.07, 6.45) is 0.552. The minimum absolute atomic E-state index is 0.00689. The van der Waals surface area contributed by atoms with Crippen molar-refractivity contribution in [3.8, 4) is 5.75 Å². The van der Waals surface area contributed by atoms with Gasteiger partial charge >= 0.3 is 5.97 Å². The average Bonchev–Trinajstić information content (AvgIpc) is 2.90. The van der Waals surface area contributed by atoms with E-state index in [-0.39, 0.29) is 30.2 Å². The quantitative estimate of drug-likeness (QED) is 0.244. The third-order valence-corrected chi connectivity index (χ3v) is 5.89. The highest BCUT2D eigenvalue weighted by atomic mass is 16.5. The smallest absolute Gasteiger partial charge is 0.338 e. The van der Waals surface area contributed by atoms with Crippen molar-refractivity contribution >= 4 is 17.6 Å². The van der Waals surface area contributed by atoms with Crippen LogP contribution in [0.15, 0.2) is 103 Å². The standard InChI is InChI=1S/C30H27NO4/c1-21(23-10-4-2-5-11-23)29(33)31-27-19-22(16-17-28(27)32)18-25-14-8-9-15-26(25)20-35-30(34)24-12-6-3-7-13-24/h2-17,19,21,32H,18,20H2,1H3,(H,31,33). The molecular formula is C30H27NO4. The Labute approximate surface area is 205 Å². The van der Waals surface area contributed by atoms with E-state index in [2.05, 4.69) is 5.32 Å². The molecule has 4 aromatic carbocycles. The molecule has 0 fully saturated rings. The van der Waals surface area contributed by atoms with E-state index in [0.29, 0.717) is 17.7 Å². The molecule has 5 heteroatoms. The lowest BCUT2D eigenvalue weighted by molar-refractivity contribution is -0.117. The average molecular weight is 466 g/mol. The number of ether oxygens (including phenoxy) is 1. The van der Waals surface area contributed by atoms with E-state index in [1.165, 1.54) is 0 Å². The van der Waals surface area contributed by atoms with Crippen molar-refractivity contribution < 1.29 is 19.4 Å². The second-order valence-corrected chi connectivity index (χ2v) is 8.36. The fourth-order valence-electron chi connectivity index (χ4n) is 3.82. The number of benzene rings is 4. The predicted molar refractivity (Wildman–Crippen MR) is 136 cm³/mol. The lowest BCUT2D eigenvalue weighted by Crippen LogP contribution is -2.19. The van der Waals surface area contributed by atoms with E-state index in [1.54, 1.807) is 36.4 Å². The van der Waals surface area contributed by atoms with Gasteiger partial charge < -0.3 is 15.2 Å². The van der Waals surface area contributed by atoms with Gasteiger partial charge in [0.15, 0.2) is 0 Å². The molecule has 0 saturated carbocycles. The highest BCUT2D eigenvalue weighted by molar-refractivity contribution is 5.96. The Morgan fingerprint density at radius 2 is 1.46 bits per heavy atom. The monoisotopic (exact) mass is 465 g/mol. The van der Waals surface area contributed by atoms with Gasteiger partial charge in [-0.1, -0.05) is 78.9 Å². The van der Waals surface area contributed by atoms with Gasteiger partial charge in [-0.15, -0.1) is 0 Å². The number of nitrogens with one attached hydrogen (secondary N) is 1. The summed E-state index contributed by atoms with van der Waals surface area (Å²) < 4.78 is 5.52. The molecule has 0 radical (unpaired) electrons. The number of amides is 1. The lowest BCUT2D eigenvalue weighted by Gasteiger charge is -2.15. The Morgan fingerprint density at radius 1 is 0.829 bits per heavy atom. The van der Waals surface area contributed by atoms with E-state index in [4.69, 9.17) is 4.74 Å². The summed E-state index contributed by atoms with van der Waals surface area (Å²) in [5.41, 5.74) is 4.57. The summed E-state index contributed by atoms with van der Waals surface area (Å²) in [5.74, 6) is -0.925. The van der Waals surface area contributed by atoms with Crippen LogP contribution in [0.4, 0.5) is 5.69 Å². The number of carbonyl (C=O) groups excluding carboxylic acids is 2. The van der Waals surface area contributed by atoms with E-state index in [1.807, 2.05) is 73.7 Å². The number of rotatable bonds is 8. The number of aromatic hydroxyl groups is 1. The van der Waals surface area contributed by atoms with Crippen LogP contribution in [-0.2, 0) is 22.6 Å². The number of hydrogen-bond donors (Lipinski definition) is 2. The van der Waals surface area contributed by atoms with Gasteiger partial charge in [-0.05, 0) is 59.9 Å². The molecule has 35 heavy (non-hydrogen) atoms. The maximum atomic E-state index is 12.8. The Bertz CT molecular complexity index is 1300. The molecule has 1 unspecified atom stereocenters. The van der Waals surface area contributed by atoms with Gasteiger partial charge in [0.25, 0.3) is 0 Å². The number of esters is 1. The highest BCUT2D eigenvalue weighted by Gasteiger charge is 2.17. The largest absolute Gasteiger partial charge is 0.506 e. The molecular weight excluding hydrogens is 438 g/mol. The van der Waals surface area contributed by atoms with Crippen LogP contribution in [0.1, 0.15) is 45.5 Å². The molecule has 4 rings (SSSR count). The zero-order valence-corrected chi connectivity index (χ0v) is 19.5. The molecule has 0 aliphatic carbocycles. The number of phenols is 1. The van der Waals surface area contributed by atoms with Gasteiger partial charge in [0.2, 0.25) is 5.91 Å². The van der Waals surface area contributed by atoms with Gasteiger partial charge in [0.1, 0.15) is 12.4 Å². The zero-order chi connectivity index (χ0) is 24.6. The van der Waals surface area contributed by atoms with Crippen molar-refractivity contribution in [2.75, 3.05) is 5.32 Å². The normalized spacial score (nSPS) is 11.5. The van der Waals surface area contributed by atoms with Crippen molar-refractivity contribution in [3.05, 3.63) is 131 Å². The number of anilines is 1. The zero-order valence-electron chi connectivity index (χ0n) is 19.5. The second-order valence-electron chi connectivity index (χ2n) is 8.36. The molecule has 0 aliphatic rings. The topological polar surface area (TPSA) is 75.6 Å². The molecule has 0 heterocycles. The van der Waals surface area contributed by atoms with Crippen molar-refractivity contribution in [2.24, 2.45) is 0 Å². The summed E-state index contributed by atoms with van der Waals surface area (Å²) in [7, 11) is 0. The molecule has 0 aromatic heterocycles. The summed E-state index contributed by atoms with van der Waals surface area (Å²) >= 11 is 0. The van der Waals surface area contributed by atoms with Crippen molar-refractivity contribution in [1.29, 1.82) is 0 Å². The lowest BCUT2D eigenvalue weighted by atomic mass is 9.98. The molecule has 2 N–H and O–H groups in total. The number of hydrogen-bond acceptors (Lipinski definition) is 4. The summed E-state index contributed by atoms with van der Waals surface area (Å²) in [6, 6.07) is 31.3. The SMILES string of the molecule is CC(C(=O)Nc1cc(Cc2ccccc2COC(=O)c2ccccc2)ccc1O)c1ccccc1. The maximum absolute atomic E-state index is 12.8. The van der Waals surface area contributed by atoms with E-state index in [9.17, 15) is 14.7 Å². The van der Waals surface area contributed by atoms with Gasteiger partial charge in [0, 0.05) is 0 Å². The molecule has 4 aromatic rings. The van der Waals surface area contributed by atoms with Crippen LogP contribution < -0.4 is 5.32 Å². The fraction of sp³-hybridized carbons (Fsp3) is 0.133. The third-order valence-electron chi connectivity index (χ3n) is 5.89. The van der Waals surface area contributed by atoms with Crippen LogP contribution >= 0.6 is 0 Å². The molecule has 1 atom stereocenters. The molecule has 0 bridgehead atoms. The number of phenolic OH excluding ortho intramolecular Hbond substituents is 1. The first-order chi connectivity index (χ1) is 17.0. The first-order valence-electron chi connectivity index (χ1n) is 11.5. The Kier molecular flexibility index (Phi) is 7.58. The van der Waals surface area contributed by atoms with Crippen LogP contribution in [0, 0.1) is 0 Å². The van der Waals surface area contributed by atoms with Gasteiger partial charge in [-0.2, -0.15) is 0 Å². The van der Waals surface area contributed by atoms with E-state index < -0.39 is 0 Å². The first kappa shape index (κ1) is 23.8. The second kappa shape index (κ2) is 11.2. The maximum Gasteiger partial charge on any atom is 0.338 e. The molecule has 176 valence electrons. The summed E-state index contributed by atoms with van der Waals surface area (Å²) in [4.78, 5) is 25.1. The summed E-state index contributed by atoms with van der Waals surface area (Å²) in [5, 5.41) is 13.2. The van der Waals surface area contributed by atoms with E-state index >= 15 is 0 Å². The van der Waals surface area contributed by atoms with Crippen molar-refractivity contribution in [2.45, 2.75) is 25.9 Å². The number of carbonyl (C=O) groups is 2. The van der Waals surface area contributed by atoms with Crippen molar-refractivity contribution in [3.63, 3.8) is 0 Å². The molecule has 0 spiro atoms. The van der Waals surface area contributed by atoms with Crippen molar-refractivity contribution in [1.82, 2.24) is 0 Å². The summed E-state index contributed by atoms with van der Waals surface area (Å²) in [6.45, 7) is 1.98. The highest BCUT2D eigenvalue weighted by Crippen LogP contribution is 2.28. The minimum atomic E-state index is -0.373. The van der Waals surface area contributed by atoms with Gasteiger partial charge in [0.05, 0.1) is 17.2 Å².